The van der Waals surface area contributed by atoms with Crippen LogP contribution < -0.4 is 10.1 Å². The number of hydrogen-bond donors (Lipinski definition) is 1. The number of benzene rings is 1. The second-order valence-electron chi connectivity index (χ2n) is 3.81. The van der Waals surface area contributed by atoms with Crippen molar-refractivity contribution in [3.05, 3.63) is 29.6 Å². The summed E-state index contributed by atoms with van der Waals surface area (Å²) in [6, 6.07) is 5.23. The van der Waals surface area contributed by atoms with Crippen molar-refractivity contribution in [3.8, 4) is 5.75 Å². The van der Waals surface area contributed by atoms with Crippen LogP contribution in [0.5, 0.6) is 5.75 Å². The van der Waals surface area contributed by atoms with Gasteiger partial charge in [0.2, 0.25) is 0 Å². The Kier molecular flexibility index (Phi) is 7.05. The molecule has 1 aromatic rings. The summed E-state index contributed by atoms with van der Waals surface area (Å²) >= 11 is 1.86. The molecule has 0 unspecified atom stereocenters. The molecule has 0 saturated heterocycles. The van der Waals surface area contributed by atoms with Gasteiger partial charge in [-0.1, -0.05) is 12.1 Å². The first-order chi connectivity index (χ1) is 8.29. The Morgan fingerprint density at radius 3 is 2.88 bits per heavy atom. The number of rotatable bonds is 8. The van der Waals surface area contributed by atoms with E-state index < -0.39 is 0 Å². The number of thioether (sulfide) groups is 1. The fraction of sp³-hybridized carbons (Fsp3) is 0.538. The van der Waals surface area contributed by atoms with E-state index >= 15 is 0 Å². The van der Waals surface area contributed by atoms with Crippen molar-refractivity contribution in [2.24, 2.45) is 0 Å². The van der Waals surface area contributed by atoms with Gasteiger partial charge < -0.3 is 10.1 Å². The van der Waals surface area contributed by atoms with Gasteiger partial charge >= 0.3 is 0 Å². The van der Waals surface area contributed by atoms with Crippen LogP contribution >= 0.6 is 11.8 Å². The third-order valence-electron chi connectivity index (χ3n) is 2.53. The molecule has 0 radical (unpaired) electrons. The summed E-state index contributed by atoms with van der Waals surface area (Å²) in [5, 5.41) is 3.25. The number of hydrogen-bond acceptors (Lipinski definition) is 3. The van der Waals surface area contributed by atoms with E-state index in [0.717, 1.165) is 13.0 Å². The van der Waals surface area contributed by atoms with E-state index in [4.69, 9.17) is 4.74 Å². The summed E-state index contributed by atoms with van der Waals surface area (Å²) in [7, 11) is 1.48. The highest BCUT2D eigenvalue weighted by molar-refractivity contribution is 7.98. The van der Waals surface area contributed by atoms with E-state index in [-0.39, 0.29) is 5.82 Å². The molecule has 0 spiro atoms. The van der Waals surface area contributed by atoms with Gasteiger partial charge in [0.1, 0.15) is 0 Å². The first kappa shape index (κ1) is 14.3. The fourth-order valence-corrected chi connectivity index (χ4v) is 2.06. The van der Waals surface area contributed by atoms with E-state index in [0.29, 0.717) is 17.9 Å². The summed E-state index contributed by atoms with van der Waals surface area (Å²) < 4.78 is 18.7. The zero-order valence-electron chi connectivity index (χ0n) is 10.5. The van der Waals surface area contributed by atoms with Crippen LogP contribution in [0.2, 0.25) is 0 Å². The van der Waals surface area contributed by atoms with E-state index in [1.165, 1.54) is 19.3 Å². The molecule has 1 N–H and O–H groups in total. The van der Waals surface area contributed by atoms with E-state index in [9.17, 15) is 4.39 Å². The highest BCUT2D eigenvalue weighted by atomic mass is 32.2. The second kappa shape index (κ2) is 8.37. The minimum Gasteiger partial charge on any atom is -0.494 e. The van der Waals surface area contributed by atoms with Gasteiger partial charge in [0.05, 0.1) is 7.11 Å². The van der Waals surface area contributed by atoms with Crippen molar-refractivity contribution >= 4 is 11.8 Å². The Balaban J connectivity index is 2.31. The fourth-order valence-electron chi connectivity index (χ4n) is 1.57. The smallest absolute Gasteiger partial charge is 0.169 e. The third-order valence-corrected chi connectivity index (χ3v) is 3.23. The molecule has 0 saturated carbocycles. The lowest BCUT2D eigenvalue weighted by Gasteiger charge is -2.08. The van der Waals surface area contributed by atoms with Gasteiger partial charge in [-0.25, -0.2) is 4.39 Å². The molecule has 2 nitrogen and oxygen atoms in total. The molecule has 4 heteroatoms. The van der Waals surface area contributed by atoms with Gasteiger partial charge in [-0.05, 0) is 37.5 Å². The molecule has 0 fully saturated rings. The van der Waals surface area contributed by atoms with Gasteiger partial charge in [-0.3, -0.25) is 0 Å². The molecule has 1 rings (SSSR count). The lowest BCUT2D eigenvalue weighted by molar-refractivity contribution is 0.383. The topological polar surface area (TPSA) is 21.3 Å². The SMILES string of the molecule is COc1cccc(CNCCCCSC)c1F. The van der Waals surface area contributed by atoms with Gasteiger partial charge in [-0.15, -0.1) is 0 Å². The summed E-state index contributed by atoms with van der Waals surface area (Å²) in [6.45, 7) is 1.49. The predicted octanol–water partition coefficient (Wildman–Crippen LogP) is 3.07. The maximum atomic E-state index is 13.7. The molecular weight excluding hydrogens is 237 g/mol. The molecule has 96 valence electrons. The molecule has 0 aliphatic rings. The molecule has 0 aliphatic carbocycles. The molecule has 0 amide bonds. The number of methoxy groups -OCH3 is 1. The molecule has 1 aromatic carbocycles. The van der Waals surface area contributed by atoms with Gasteiger partial charge in [0, 0.05) is 12.1 Å². The van der Waals surface area contributed by atoms with Crippen molar-refractivity contribution < 1.29 is 9.13 Å². The number of unbranched alkanes of at least 4 members (excludes halogenated alkanes) is 1. The maximum absolute atomic E-state index is 13.7. The molecule has 17 heavy (non-hydrogen) atoms. The molecular formula is C13H20FNOS. The average molecular weight is 257 g/mol. The highest BCUT2D eigenvalue weighted by Crippen LogP contribution is 2.19. The van der Waals surface area contributed by atoms with Crippen molar-refractivity contribution in [2.45, 2.75) is 19.4 Å². The quantitative estimate of drug-likeness (QED) is 0.723. The molecule has 0 atom stereocenters. The van der Waals surface area contributed by atoms with Gasteiger partial charge in [0.15, 0.2) is 11.6 Å². The Morgan fingerprint density at radius 1 is 1.35 bits per heavy atom. The van der Waals surface area contributed by atoms with E-state index in [1.807, 2.05) is 17.8 Å². The zero-order chi connectivity index (χ0) is 12.5. The van der Waals surface area contributed by atoms with Crippen molar-refractivity contribution in [3.63, 3.8) is 0 Å². The Labute approximate surface area is 107 Å². The maximum Gasteiger partial charge on any atom is 0.169 e. The summed E-state index contributed by atoms with van der Waals surface area (Å²) in [6.07, 6.45) is 4.44. The van der Waals surface area contributed by atoms with Crippen molar-refractivity contribution in [1.29, 1.82) is 0 Å². The molecule has 0 aromatic heterocycles. The summed E-state index contributed by atoms with van der Waals surface area (Å²) in [5.41, 5.74) is 0.661. The Morgan fingerprint density at radius 2 is 2.18 bits per heavy atom. The zero-order valence-corrected chi connectivity index (χ0v) is 11.3. The van der Waals surface area contributed by atoms with Gasteiger partial charge in [0.25, 0.3) is 0 Å². The van der Waals surface area contributed by atoms with Crippen LogP contribution in [-0.2, 0) is 6.54 Å². The number of ether oxygens (including phenoxy) is 1. The minimum absolute atomic E-state index is 0.258. The standard InChI is InChI=1S/C13H20FNOS/c1-16-12-7-5-6-11(13(12)14)10-15-8-3-4-9-17-2/h5-7,15H,3-4,8-10H2,1-2H3. The van der Waals surface area contributed by atoms with Crippen LogP contribution in [0.3, 0.4) is 0 Å². The first-order valence-electron chi connectivity index (χ1n) is 5.80. The van der Waals surface area contributed by atoms with E-state index in [2.05, 4.69) is 11.6 Å². The minimum atomic E-state index is -0.258. The molecule has 0 aliphatic heterocycles. The van der Waals surface area contributed by atoms with Crippen LogP contribution in [0.15, 0.2) is 18.2 Å². The lowest BCUT2D eigenvalue weighted by Crippen LogP contribution is -2.16. The van der Waals surface area contributed by atoms with Crippen LogP contribution in [0.25, 0.3) is 0 Å². The number of nitrogens with one attached hydrogen (secondary N) is 1. The Hall–Kier alpha value is -0.740. The lowest BCUT2D eigenvalue weighted by atomic mass is 10.2. The van der Waals surface area contributed by atoms with Crippen LogP contribution in [0.1, 0.15) is 18.4 Å². The third kappa shape index (κ3) is 4.96. The average Bonchev–Trinajstić information content (AvgIpc) is 2.35. The summed E-state index contributed by atoms with van der Waals surface area (Å²) in [5.74, 6) is 1.24. The molecule has 0 heterocycles. The Bertz CT molecular complexity index is 333. The monoisotopic (exact) mass is 257 g/mol. The normalized spacial score (nSPS) is 10.5. The van der Waals surface area contributed by atoms with Crippen molar-refractivity contribution in [1.82, 2.24) is 5.32 Å². The van der Waals surface area contributed by atoms with E-state index in [1.54, 1.807) is 12.1 Å². The van der Waals surface area contributed by atoms with Crippen LogP contribution in [-0.4, -0.2) is 25.7 Å². The summed E-state index contributed by atoms with van der Waals surface area (Å²) in [4.78, 5) is 0. The van der Waals surface area contributed by atoms with Crippen LogP contribution in [0, 0.1) is 5.82 Å². The van der Waals surface area contributed by atoms with Crippen molar-refractivity contribution in [2.75, 3.05) is 25.7 Å². The predicted molar refractivity (Wildman–Crippen MR) is 72.3 cm³/mol. The van der Waals surface area contributed by atoms with Crippen LogP contribution in [0.4, 0.5) is 4.39 Å². The van der Waals surface area contributed by atoms with Gasteiger partial charge in [-0.2, -0.15) is 11.8 Å². The highest BCUT2D eigenvalue weighted by Gasteiger charge is 2.07. The molecule has 0 bridgehead atoms. The largest absolute Gasteiger partial charge is 0.494 e. The second-order valence-corrected chi connectivity index (χ2v) is 4.80. The first-order valence-corrected chi connectivity index (χ1v) is 7.20. The number of halogens is 1.